The maximum atomic E-state index is 9.19. The van der Waals surface area contributed by atoms with Gasteiger partial charge in [-0.05, 0) is 57.3 Å². The van der Waals surface area contributed by atoms with E-state index < -0.39 is 0 Å². The number of rotatable bonds is 2. The van der Waals surface area contributed by atoms with Gasteiger partial charge in [0.25, 0.3) is 0 Å². The molecule has 1 unspecified atom stereocenters. The highest BCUT2D eigenvalue weighted by Gasteiger charge is 2.26. The first-order valence-electron chi connectivity index (χ1n) is 8.64. The Morgan fingerprint density at radius 1 is 1.09 bits per heavy atom. The van der Waals surface area contributed by atoms with Crippen LogP contribution in [0.25, 0.3) is 0 Å². The van der Waals surface area contributed by atoms with Gasteiger partial charge in [0, 0.05) is 19.1 Å². The van der Waals surface area contributed by atoms with Gasteiger partial charge in [0.2, 0.25) is 0 Å². The highest BCUT2D eigenvalue weighted by molar-refractivity contribution is 5.45. The lowest BCUT2D eigenvalue weighted by Gasteiger charge is -2.39. The number of hydrogen-bond acceptors (Lipinski definition) is 4. The monoisotopic (exact) mass is 298 g/mol. The minimum Gasteiger partial charge on any atom is -0.355 e. The molecule has 0 radical (unpaired) electrons. The zero-order valence-electron chi connectivity index (χ0n) is 13.6. The van der Waals surface area contributed by atoms with Gasteiger partial charge in [-0.15, -0.1) is 0 Å². The number of nitrogens with zero attached hydrogens (tertiary/aromatic N) is 4. The minimum absolute atomic E-state index is 0.564. The molecule has 2 aliphatic heterocycles. The van der Waals surface area contributed by atoms with Crippen LogP contribution in [0, 0.1) is 18.3 Å². The predicted molar refractivity (Wildman–Crippen MR) is 89.0 cm³/mol. The molecule has 3 heterocycles. The van der Waals surface area contributed by atoms with Crippen LogP contribution in [0.5, 0.6) is 0 Å². The molecule has 1 atom stereocenters. The number of anilines is 1. The van der Waals surface area contributed by atoms with Crippen LogP contribution in [0.1, 0.15) is 49.8 Å². The van der Waals surface area contributed by atoms with Crippen LogP contribution in [0.4, 0.5) is 5.82 Å². The Morgan fingerprint density at radius 3 is 2.59 bits per heavy atom. The van der Waals surface area contributed by atoms with Gasteiger partial charge in [-0.25, -0.2) is 4.98 Å². The van der Waals surface area contributed by atoms with Crippen LogP contribution >= 0.6 is 0 Å². The molecule has 4 heteroatoms. The van der Waals surface area contributed by atoms with E-state index in [1.54, 1.807) is 0 Å². The highest BCUT2D eigenvalue weighted by atomic mass is 15.3. The number of likely N-dealkylation sites (tertiary alicyclic amines) is 1. The summed E-state index contributed by atoms with van der Waals surface area (Å²) in [5.74, 6) is 0.974. The lowest BCUT2D eigenvalue weighted by atomic mass is 10.0. The molecule has 2 aliphatic rings. The Balaban J connectivity index is 1.71. The van der Waals surface area contributed by atoms with Gasteiger partial charge in [0.1, 0.15) is 17.6 Å². The number of hydrogen-bond donors (Lipinski definition) is 0. The van der Waals surface area contributed by atoms with Gasteiger partial charge in [-0.2, -0.15) is 5.26 Å². The van der Waals surface area contributed by atoms with Gasteiger partial charge in [0.05, 0.1) is 0 Å². The second-order valence-electron chi connectivity index (χ2n) is 6.64. The second-order valence-corrected chi connectivity index (χ2v) is 6.64. The number of aromatic nitrogens is 1. The largest absolute Gasteiger partial charge is 0.355 e. The van der Waals surface area contributed by atoms with E-state index in [0.717, 1.165) is 24.5 Å². The van der Waals surface area contributed by atoms with Crippen LogP contribution in [0.3, 0.4) is 0 Å². The summed E-state index contributed by atoms with van der Waals surface area (Å²) in [7, 11) is 0. The molecule has 0 N–H and O–H groups in total. The molecule has 4 nitrogen and oxygen atoms in total. The SMILES string of the molecule is Cc1ccc(N2CCCC(N3CCCCCC3)C2)nc1C#N. The Hall–Kier alpha value is -1.60. The van der Waals surface area contributed by atoms with Crippen LogP contribution < -0.4 is 4.90 Å². The zero-order valence-corrected chi connectivity index (χ0v) is 13.6. The number of aryl methyl sites for hydroxylation is 1. The van der Waals surface area contributed by atoms with Crippen molar-refractivity contribution in [2.24, 2.45) is 0 Å². The molecule has 0 bridgehead atoms. The molecule has 2 fully saturated rings. The van der Waals surface area contributed by atoms with Crippen molar-refractivity contribution in [1.29, 1.82) is 5.26 Å². The van der Waals surface area contributed by atoms with Crippen LogP contribution in [0.2, 0.25) is 0 Å². The van der Waals surface area contributed by atoms with Crippen molar-refractivity contribution in [2.75, 3.05) is 31.1 Å². The topological polar surface area (TPSA) is 43.2 Å². The van der Waals surface area contributed by atoms with Crippen LogP contribution in [-0.2, 0) is 0 Å². The first-order valence-corrected chi connectivity index (χ1v) is 8.64. The predicted octanol–water partition coefficient (Wildman–Crippen LogP) is 3.11. The standard InChI is InChI=1S/C18H26N4/c1-15-8-9-18(20-17(15)13-19)22-12-6-7-16(14-22)21-10-4-2-3-5-11-21/h8-9,16H,2-7,10-12,14H2,1H3. The second kappa shape index (κ2) is 7.11. The Labute approximate surface area is 133 Å². The molecule has 0 spiro atoms. The summed E-state index contributed by atoms with van der Waals surface area (Å²) in [6.07, 6.45) is 7.98. The summed E-state index contributed by atoms with van der Waals surface area (Å²) < 4.78 is 0. The average molecular weight is 298 g/mol. The maximum Gasteiger partial charge on any atom is 0.145 e. The van der Waals surface area contributed by atoms with Crippen molar-refractivity contribution in [3.05, 3.63) is 23.4 Å². The Bertz CT molecular complexity index is 541. The third-order valence-electron chi connectivity index (χ3n) is 5.07. The van der Waals surface area contributed by atoms with E-state index in [9.17, 15) is 5.26 Å². The molecule has 22 heavy (non-hydrogen) atoms. The summed E-state index contributed by atoms with van der Waals surface area (Å²) in [6, 6.07) is 6.96. The number of pyridine rings is 1. The fourth-order valence-corrected chi connectivity index (χ4v) is 3.73. The van der Waals surface area contributed by atoms with Gasteiger partial charge >= 0.3 is 0 Å². The van der Waals surface area contributed by atoms with Crippen molar-refractivity contribution in [2.45, 2.75) is 51.5 Å². The first-order chi connectivity index (χ1) is 10.8. The van der Waals surface area contributed by atoms with Crippen molar-refractivity contribution < 1.29 is 0 Å². The lowest BCUT2D eigenvalue weighted by Crippen LogP contribution is -2.48. The molecule has 118 valence electrons. The molecule has 0 amide bonds. The maximum absolute atomic E-state index is 9.19. The van der Waals surface area contributed by atoms with Crippen molar-refractivity contribution in [3.8, 4) is 6.07 Å². The molecule has 1 aromatic rings. The summed E-state index contributed by atoms with van der Waals surface area (Å²) in [5, 5.41) is 9.19. The summed E-state index contributed by atoms with van der Waals surface area (Å²) >= 11 is 0. The minimum atomic E-state index is 0.564. The summed E-state index contributed by atoms with van der Waals surface area (Å²) in [5.41, 5.74) is 1.53. The summed E-state index contributed by atoms with van der Waals surface area (Å²) in [6.45, 7) is 6.57. The molecular formula is C18H26N4. The Kier molecular flexibility index (Phi) is 4.94. The van der Waals surface area contributed by atoms with E-state index in [2.05, 4.69) is 26.9 Å². The average Bonchev–Trinajstić information content (AvgIpc) is 2.85. The molecular weight excluding hydrogens is 272 g/mol. The van der Waals surface area contributed by atoms with E-state index in [1.165, 1.54) is 51.6 Å². The van der Waals surface area contributed by atoms with Crippen molar-refractivity contribution in [1.82, 2.24) is 9.88 Å². The fraction of sp³-hybridized carbons (Fsp3) is 0.667. The zero-order chi connectivity index (χ0) is 15.4. The molecule has 3 rings (SSSR count). The van der Waals surface area contributed by atoms with E-state index in [1.807, 2.05) is 13.0 Å². The molecule has 2 saturated heterocycles. The van der Waals surface area contributed by atoms with Crippen LogP contribution in [-0.4, -0.2) is 42.1 Å². The van der Waals surface area contributed by atoms with E-state index >= 15 is 0 Å². The fourth-order valence-electron chi connectivity index (χ4n) is 3.73. The summed E-state index contributed by atoms with van der Waals surface area (Å²) in [4.78, 5) is 9.63. The normalized spacial score (nSPS) is 23.8. The van der Waals surface area contributed by atoms with Crippen LogP contribution in [0.15, 0.2) is 12.1 Å². The third kappa shape index (κ3) is 3.41. The van der Waals surface area contributed by atoms with Gasteiger partial charge < -0.3 is 4.90 Å². The third-order valence-corrected chi connectivity index (χ3v) is 5.07. The first kappa shape index (κ1) is 15.3. The van der Waals surface area contributed by atoms with Gasteiger partial charge in [0.15, 0.2) is 0 Å². The number of piperidine rings is 1. The highest BCUT2D eigenvalue weighted by Crippen LogP contribution is 2.24. The molecule has 0 saturated carbocycles. The Morgan fingerprint density at radius 2 is 1.86 bits per heavy atom. The number of nitriles is 1. The van der Waals surface area contributed by atoms with E-state index in [-0.39, 0.29) is 0 Å². The molecule has 0 aromatic carbocycles. The molecule has 0 aliphatic carbocycles. The van der Waals surface area contributed by atoms with Crippen molar-refractivity contribution >= 4 is 5.82 Å². The smallest absolute Gasteiger partial charge is 0.145 e. The lowest BCUT2D eigenvalue weighted by molar-refractivity contribution is 0.182. The van der Waals surface area contributed by atoms with E-state index in [4.69, 9.17) is 0 Å². The van der Waals surface area contributed by atoms with Crippen molar-refractivity contribution in [3.63, 3.8) is 0 Å². The van der Waals surface area contributed by atoms with E-state index in [0.29, 0.717) is 11.7 Å². The molecule has 1 aromatic heterocycles. The van der Waals surface area contributed by atoms with Gasteiger partial charge in [-0.3, -0.25) is 4.90 Å². The quantitative estimate of drug-likeness (QED) is 0.841. The van der Waals surface area contributed by atoms with Gasteiger partial charge in [-0.1, -0.05) is 18.9 Å².